The zero-order valence-corrected chi connectivity index (χ0v) is 14.4. The van der Waals surface area contributed by atoms with Crippen molar-refractivity contribution in [3.8, 4) is 0 Å². The summed E-state index contributed by atoms with van der Waals surface area (Å²) in [6, 6.07) is 8.44. The molecule has 0 saturated carbocycles. The Bertz CT molecular complexity index is 810. The third-order valence-electron chi connectivity index (χ3n) is 4.09. The monoisotopic (exact) mass is 359 g/mol. The number of pyridine rings is 1. The molecule has 0 spiro atoms. The molecular weight excluding hydrogens is 342 g/mol. The maximum absolute atomic E-state index is 11.8. The minimum Gasteiger partial charge on any atom is -0.505 e. The Morgan fingerprint density at radius 3 is 2.68 bits per heavy atom. The Morgan fingerprint density at radius 2 is 2.04 bits per heavy atom. The number of carbonyl (C=O) groups excluding carboxylic acids is 1. The predicted octanol–water partition coefficient (Wildman–Crippen LogP) is 3.17. The number of anilines is 2. The van der Waals surface area contributed by atoms with Gasteiger partial charge in [-0.2, -0.15) is 0 Å². The van der Waals surface area contributed by atoms with Crippen molar-refractivity contribution in [2.24, 2.45) is 0 Å². The van der Waals surface area contributed by atoms with Gasteiger partial charge in [0, 0.05) is 18.9 Å². The number of aromatic nitrogens is 1. The third-order valence-corrected chi connectivity index (χ3v) is 4.41. The summed E-state index contributed by atoms with van der Waals surface area (Å²) in [6.07, 6.45) is 3.19. The van der Waals surface area contributed by atoms with Crippen LogP contribution < -0.4 is 9.80 Å². The number of amides is 1. The fourth-order valence-electron chi connectivity index (χ4n) is 3.00. The van der Waals surface area contributed by atoms with Crippen LogP contribution in [0.4, 0.5) is 11.4 Å². The van der Waals surface area contributed by atoms with Crippen molar-refractivity contribution in [2.45, 2.75) is 19.6 Å². The van der Waals surface area contributed by atoms with E-state index in [9.17, 15) is 15.0 Å². The van der Waals surface area contributed by atoms with Gasteiger partial charge < -0.3 is 15.1 Å². The Hall–Kier alpha value is -2.57. The molecule has 1 aliphatic rings. The first-order valence-electron chi connectivity index (χ1n) is 7.91. The molecule has 0 saturated heterocycles. The van der Waals surface area contributed by atoms with E-state index in [0.717, 1.165) is 6.42 Å². The van der Waals surface area contributed by atoms with Crippen molar-refractivity contribution in [2.75, 3.05) is 16.3 Å². The summed E-state index contributed by atoms with van der Waals surface area (Å²) < 4.78 is 0. The Labute approximate surface area is 150 Å². The van der Waals surface area contributed by atoms with Crippen molar-refractivity contribution in [3.63, 3.8) is 0 Å². The van der Waals surface area contributed by atoms with Crippen LogP contribution in [-0.4, -0.2) is 34.4 Å². The molecule has 2 N–H and O–H groups in total. The van der Waals surface area contributed by atoms with Gasteiger partial charge >= 0.3 is 0 Å². The number of rotatable bonds is 5. The lowest BCUT2D eigenvalue weighted by Crippen LogP contribution is -2.46. The lowest BCUT2D eigenvalue weighted by Gasteiger charge is -2.39. The molecule has 0 aliphatic carbocycles. The van der Waals surface area contributed by atoms with E-state index in [0.29, 0.717) is 34.9 Å². The number of aliphatic hydroxyl groups is 2. The summed E-state index contributed by atoms with van der Waals surface area (Å²) >= 11 is 6.29. The Kier molecular flexibility index (Phi) is 4.92. The fourth-order valence-corrected chi connectivity index (χ4v) is 3.26. The van der Waals surface area contributed by atoms with Crippen molar-refractivity contribution in [1.29, 1.82) is 0 Å². The molecule has 1 aromatic heterocycles. The summed E-state index contributed by atoms with van der Waals surface area (Å²) in [4.78, 5) is 18.6. The topological polar surface area (TPSA) is 76.9 Å². The second-order valence-electron chi connectivity index (χ2n) is 5.62. The quantitative estimate of drug-likeness (QED) is 0.802. The highest BCUT2D eigenvalue weighted by Crippen LogP contribution is 2.41. The molecule has 1 aromatic carbocycles. The largest absolute Gasteiger partial charge is 0.505 e. The van der Waals surface area contributed by atoms with Crippen molar-refractivity contribution in [3.05, 3.63) is 59.0 Å². The lowest BCUT2D eigenvalue weighted by atomic mass is 10.0. The van der Waals surface area contributed by atoms with Crippen LogP contribution in [0.15, 0.2) is 48.4 Å². The van der Waals surface area contributed by atoms with Crippen LogP contribution in [0, 0.1) is 0 Å². The van der Waals surface area contributed by atoms with Gasteiger partial charge in [0.15, 0.2) is 12.0 Å². The molecule has 2 aromatic rings. The van der Waals surface area contributed by atoms with Gasteiger partial charge in [-0.15, -0.1) is 0 Å². The standard InChI is InChI=1S/C18H18ClN3O3/c1-2-10-21-14-5-3-4-13(19)15(14)17(24)16(18(21)25)22(11-23)12-6-8-20-9-7-12/h3-9,11,18,24-25H,2,10H2,1H3. The van der Waals surface area contributed by atoms with Gasteiger partial charge in [0.1, 0.15) is 5.70 Å². The van der Waals surface area contributed by atoms with Crippen LogP contribution in [0.1, 0.15) is 18.9 Å². The van der Waals surface area contributed by atoms with E-state index in [-0.39, 0.29) is 11.5 Å². The number of benzene rings is 1. The summed E-state index contributed by atoms with van der Waals surface area (Å²) in [5.74, 6) is -0.218. The average molecular weight is 360 g/mol. The second kappa shape index (κ2) is 7.13. The number of hydrogen-bond acceptors (Lipinski definition) is 5. The molecule has 1 amide bonds. The van der Waals surface area contributed by atoms with E-state index < -0.39 is 6.23 Å². The number of halogens is 1. The van der Waals surface area contributed by atoms with Crippen LogP contribution >= 0.6 is 11.6 Å². The van der Waals surface area contributed by atoms with E-state index in [1.807, 2.05) is 6.92 Å². The van der Waals surface area contributed by atoms with Gasteiger partial charge in [-0.05, 0) is 30.7 Å². The molecule has 130 valence electrons. The van der Waals surface area contributed by atoms with Crippen LogP contribution in [-0.2, 0) is 4.79 Å². The molecule has 0 bridgehead atoms. The summed E-state index contributed by atoms with van der Waals surface area (Å²) in [6.45, 7) is 2.52. The average Bonchev–Trinajstić information content (AvgIpc) is 2.62. The van der Waals surface area contributed by atoms with Gasteiger partial charge in [0.05, 0.1) is 22.0 Å². The second-order valence-corrected chi connectivity index (χ2v) is 6.02. The first kappa shape index (κ1) is 17.3. The number of carbonyl (C=O) groups is 1. The van der Waals surface area contributed by atoms with Gasteiger partial charge in [0.2, 0.25) is 6.41 Å². The van der Waals surface area contributed by atoms with Crippen LogP contribution in [0.2, 0.25) is 5.02 Å². The molecule has 0 radical (unpaired) electrons. The summed E-state index contributed by atoms with van der Waals surface area (Å²) in [7, 11) is 0. The number of hydrogen-bond donors (Lipinski definition) is 2. The molecular formula is C18H18ClN3O3. The summed E-state index contributed by atoms with van der Waals surface area (Å²) in [5, 5.41) is 22.0. The molecule has 0 fully saturated rings. The highest BCUT2D eigenvalue weighted by atomic mass is 35.5. The van der Waals surface area contributed by atoms with Crippen LogP contribution in [0.25, 0.3) is 5.76 Å². The molecule has 25 heavy (non-hydrogen) atoms. The maximum Gasteiger partial charge on any atom is 0.218 e. The van der Waals surface area contributed by atoms with Gasteiger partial charge in [0.25, 0.3) is 0 Å². The zero-order valence-electron chi connectivity index (χ0n) is 13.6. The van der Waals surface area contributed by atoms with Crippen molar-refractivity contribution in [1.82, 2.24) is 4.98 Å². The lowest BCUT2D eigenvalue weighted by molar-refractivity contribution is -0.107. The van der Waals surface area contributed by atoms with Crippen molar-refractivity contribution >= 4 is 35.1 Å². The maximum atomic E-state index is 11.8. The zero-order chi connectivity index (χ0) is 18.0. The van der Waals surface area contributed by atoms with E-state index in [1.54, 1.807) is 35.2 Å². The third kappa shape index (κ3) is 2.94. The van der Waals surface area contributed by atoms with E-state index in [2.05, 4.69) is 4.98 Å². The predicted molar refractivity (Wildman–Crippen MR) is 97.4 cm³/mol. The normalized spacial score (nSPS) is 16.6. The highest BCUT2D eigenvalue weighted by molar-refractivity contribution is 6.33. The number of aliphatic hydroxyl groups excluding tert-OH is 2. The van der Waals surface area contributed by atoms with Gasteiger partial charge in [-0.3, -0.25) is 14.7 Å². The smallest absolute Gasteiger partial charge is 0.218 e. The first-order chi connectivity index (χ1) is 12.1. The van der Waals surface area contributed by atoms with Crippen molar-refractivity contribution < 1.29 is 15.0 Å². The molecule has 2 heterocycles. The Morgan fingerprint density at radius 1 is 1.32 bits per heavy atom. The summed E-state index contributed by atoms with van der Waals surface area (Å²) in [5.41, 5.74) is 1.58. The minimum atomic E-state index is -1.19. The van der Waals surface area contributed by atoms with Gasteiger partial charge in [-0.25, -0.2) is 0 Å². The van der Waals surface area contributed by atoms with E-state index in [4.69, 9.17) is 11.6 Å². The fraction of sp³-hybridized carbons (Fsp3) is 0.222. The van der Waals surface area contributed by atoms with E-state index in [1.165, 1.54) is 17.3 Å². The minimum absolute atomic E-state index is 0.0650. The van der Waals surface area contributed by atoms with Crippen LogP contribution in [0.5, 0.6) is 0 Å². The van der Waals surface area contributed by atoms with Crippen LogP contribution in [0.3, 0.4) is 0 Å². The number of nitrogens with zero attached hydrogens (tertiary/aromatic N) is 3. The highest BCUT2D eigenvalue weighted by Gasteiger charge is 2.36. The molecule has 7 heteroatoms. The molecule has 1 aliphatic heterocycles. The van der Waals surface area contributed by atoms with Gasteiger partial charge in [-0.1, -0.05) is 24.6 Å². The number of fused-ring (bicyclic) bond motifs is 1. The first-order valence-corrected chi connectivity index (χ1v) is 8.29. The molecule has 1 unspecified atom stereocenters. The van der Waals surface area contributed by atoms with E-state index >= 15 is 0 Å². The SMILES string of the molecule is CCCN1c2cccc(Cl)c2C(O)=C(N(C=O)c2ccncc2)C1O. The molecule has 6 nitrogen and oxygen atoms in total. The molecule has 1 atom stereocenters. The molecule has 3 rings (SSSR count). The Balaban J connectivity index is 2.22.